The van der Waals surface area contributed by atoms with Crippen molar-refractivity contribution in [3.63, 3.8) is 0 Å². The molecule has 1 saturated heterocycles. The number of halogens is 2. The maximum absolute atomic E-state index is 13.6. The van der Waals surface area contributed by atoms with Crippen molar-refractivity contribution in [1.82, 2.24) is 10.2 Å². The molecule has 4 nitrogen and oxygen atoms in total. The molecule has 0 radical (unpaired) electrons. The summed E-state index contributed by atoms with van der Waals surface area (Å²) in [6, 6.07) is 5.98. The van der Waals surface area contributed by atoms with E-state index in [1.165, 1.54) is 12.1 Å². The predicted molar refractivity (Wildman–Crippen MR) is 78.8 cm³/mol. The Morgan fingerprint density at radius 2 is 1.95 bits per heavy atom. The van der Waals surface area contributed by atoms with Gasteiger partial charge in [-0.05, 0) is 31.9 Å². The monoisotopic (exact) mass is 312 g/mol. The van der Waals surface area contributed by atoms with E-state index >= 15 is 0 Å². The molecule has 1 aromatic carbocycles. The minimum Gasteiger partial charge on any atom is -0.352 e. The van der Waals surface area contributed by atoms with Gasteiger partial charge in [0.05, 0.1) is 5.56 Å². The fourth-order valence-electron chi connectivity index (χ4n) is 2.35. The molecule has 2 rings (SSSR count). The number of hydrogen-bond donors (Lipinski definition) is 1. The molecule has 6 heteroatoms. The van der Waals surface area contributed by atoms with Gasteiger partial charge < -0.3 is 10.2 Å². The number of rotatable bonds is 3. The number of benzene rings is 1. The third kappa shape index (κ3) is 3.94. The lowest BCUT2D eigenvalue weighted by molar-refractivity contribution is -0.121. The van der Waals surface area contributed by atoms with Crippen LogP contribution >= 0.6 is 11.6 Å². The molecule has 1 N–H and O–H groups in total. The first-order chi connectivity index (χ1) is 9.99. The van der Waals surface area contributed by atoms with Gasteiger partial charge in [0.15, 0.2) is 0 Å². The van der Waals surface area contributed by atoms with Crippen LogP contribution in [0.4, 0.5) is 4.39 Å². The average molecular weight is 313 g/mol. The van der Waals surface area contributed by atoms with Crippen LogP contribution in [0, 0.1) is 5.82 Å². The smallest absolute Gasteiger partial charge is 0.256 e. The van der Waals surface area contributed by atoms with Gasteiger partial charge in [0.2, 0.25) is 5.91 Å². The maximum atomic E-state index is 13.6. The van der Waals surface area contributed by atoms with E-state index in [4.69, 9.17) is 11.6 Å². The van der Waals surface area contributed by atoms with Crippen LogP contribution in [-0.2, 0) is 4.79 Å². The molecule has 1 aromatic rings. The fourth-order valence-corrected chi connectivity index (χ4v) is 2.41. The highest BCUT2D eigenvalue weighted by molar-refractivity contribution is 6.30. The Morgan fingerprint density at radius 3 is 2.52 bits per heavy atom. The van der Waals surface area contributed by atoms with Crippen molar-refractivity contribution in [2.75, 3.05) is 13.1 Å². The van der Waals surface area contributed by atoms with Crippen molar-refractivity contribution in [3.8, 4) is 0 Å². The first-order valence-corrected chi connectivity index (χ1v) is 7.41. The topological polar surface area (TPSA) is 49.4 Å². The van der Waals surface area contributed by atoms with Crippen LogP contribution in [0.15, 0.2) is 24.3 Å². The average Bonchev–Trinajstić information content (AvgIpc) is 2.47. The Morgan fingerprint density at radius 1 is 1.33 bits per heavy atom. The zero-order valence-electron chi connectivity index (χ0n) is 11.8. The van der Waals surface area contributed by atoms with Crippen LogP contribution < -0.4 is 5.32 Å². The fraction of sp³-hybridized carbons (Fsp3) is 0.467. The highest BCUT2D eigenvalue weighted by Gasteiger charge is 2.26. The van der Waals surface area contributed by atoms with E-state index in [2.05, 4.69) is 5.32 Å². The van der Waals surface area contributed by atoms with Crippen LogP contribution in [0.3, 0.4) is 0 Å². The summed E-state index contributed by atoms with van der Waals surface area (Å²) in [7, 11) is 0. The standard InChI is InChI=1S/C15H18ClFN2O2/c1-10(16)14(20)18-11-6-8-19(9-7-11)15(21)12-4-2-3-5-13(12)17/h2-5,10-11H,6-9H2,1H3,(H,18,20). The zero-order chi connectivity index (χ0) is 15.4. The van der Waals surface area contributed by atoms with Crippen molar-refractivity contribution in [2.45, 2.75) is 31.2 Å². The van der Waals surface area contributed by atoms with Gasteiger partial charge in [0.1, 0.15) is 11.2 Å². The van der Waals surface area contributed by atoms with E-state index in [9.17, 15) is 14.0 Å². The number of amides is 2. The first kappa shape index (κ1) is 15.8. The lowest BCUT2D eigenvalue weighted by atomic mass is 10.0. The molecule has 0 saturated carbocycles. The lowest BCUT2D eigenvalue weighted by Crippen LogP contribution is -2.48. The summed E-state index contributed by atoms with van der Waals surface area (Å²) in [5.74, 6) is -1.01. The van der Waals surface area contributed by atoms with Gasteiger partial charge in [-0.3, -0.25) is 9.59 Å². The van der Waals surface area contributed by atoms with Crippen LogP contribution in [0.25, 0.3) is 0 Å². The number of hydrogen-bond acceptors (Lipinski definition) is 2. The minimum atomic E-state index is -0.567. The van der Waals surface area contributed by atoms with Gasteiger partial charge in [-0.15, -0.1) is 11.6 Å². The van der Waals surface area contributed by atoms with Crippen molar-refractivity contribution in [1.29, 1.82) is 0 Å². The van der Waals surface area contributed by atoms with Crippen molar-refractivity contribution >= 4 is 23.4 Å². The van der Waals surface area contributed by atoms with E-state index in [1.54, 1.807) is 24.0 Å². The number of piperidine rings is 1. The first-order valence-electron chi connectivity index (χ1n) is 6.97. The molecule has 1 aliphatic heterocycles. The molecular weight excluding hydrogens is 295 g/mol. The van der Waals surface area contributed by atoms with Crippen LogP contribution in [-0.4, -0.2) is 41.2 Å². The van der Waals surface area contributed by atoms with Gasteiger partial charge >= 0.3 is 0 Å². The summed E-state index contributed by atoms with van der Waals surface area (Å²) in [6.45, 7) is 2.61. The summed E-state index contributed by atoms with van der Waals surface area (Å²) >= 11 is 5.71. The van der Waals surface area contributed by atoms with E-state index < -0.39 is 11.2 Å². The Balaban J connectivity index is 1.91. The predicted octanol–water partition coefficient (Wildman–Crippen LogP) is 2.17. The molecule has 1 atom stereocenters. The number of likely N-dealkylation sites (tertiary alicyclic amines) is 1. The third-order valence-electron chi connectivity index (χ3n) is 3.59. The minimum absolute atomic E-state index is 0.0170. The molecule has 2 amide bonds. The molecule has 0 spiro atoms. The van der Waals surface area contributed by atoms with Gasteiger partial charge in [-0.1, -0.05) is 12.1 Å². The number of carbonyl (C=O) groups excluding carboxylic acids is 2. The Labute approximate surface area is 128 Å². The molecule has 0 aromatic heterocycles. The molecule has 1 unspecified atom stereocenters. The molecule has 1 aliphatic rings. The summed E-state index contributed by atoms with van der Waals surface area (Å²) in [6.07, 6.45) is 1.30. The van der Waals surface area contributed by atoms with E-state index in [0.29, 0.717) is 25.9 Å². The summed E-state index contributed by atoms with van der Waals surface area (Å²) in [5, 5.41) is 2.28. The number of nitrogens with zero attached hydrogens (tertiary/aromatic N) is 1. The normalized spacial score (nSPS) is 17.4. The van der Waals surface area contributed by atoms with Gasteiger partial charge in [0, 0.05) is 19.1 Å². The maximum Gasteiger partial charge on any atom is 0.256 e. The Kier molecular flexibility index (Phi) is 5.17. The van der Waals surface area contributed by atoms with E-state index in [1.807, 2.05) is 0 Å². The van der Waals surface area contributed by atoms with Crippen molar-refractivity contribution in [3.05, 3.63) is 35.6 Å². The van der Waals surface area contributed by atoms with Crippen molar-refractivity contribution < 1.29 is 14.0 Å². The van der Waals surface area contributed by atoms with Crippen molar-refractivity contribution in [2.24, 2.45) is 0 Å². The number of nitrogens with one attached hydrogen (secondary N) is 1. The van der Waals surface area contributed by atoms with Gasteiger partial charge in [-0.25, -0.2) is 4.39 Å². The molecule has 1 fully saturated rings. The highest BCUT2D eigenvalue weighted by atomic mass is 35.5. The second kappa shape index (κ2) is 6.89. The highest BCUT2D eigenvalue weighted by Crippen LogP contribution is 2.16. The molecule has 1 heterocycles. The molecule has 0 bridgehead atoms. The lowest BCUT2D eigenvalue weighted by Gasteiger charge is -2.32. The Bertz CT molecular complexity index is 528. The molecule has 21 heavy (non-hydrogen) atoms. The van der Waals surface area contributed by atoms with Gasteiger partial charge in [0.25, 0.3) is 5.91 Å². The van der Waals surface area contributed by atoms with E-state index in [0.717, 1.165) is 0 Å². The zero-order valence-corrected chi connectivity index (χ0v) is 12.6. The van der Waals surface area contributed by atoms with Crippen LogP contribution in [0.5, 0.6) is 0 Å². The second-order valence-electron chi connectivity index (χ2n) is 5.17. The summed E-state index contributed by atoms with van der Waals surface area (Å²) in [5.41, 5.74) is 0.0920. The van der Waals surface area contributed by atoms with E-state index in [-0.39, 0.29) is 23.4 Å². The number of carbonyl (C=O) groups is 2. The summed E-state index contributed by atoms with van der Waals surface area (Å²) < 4.78 is 13.6. The summed E-state index contributed by atoms with van der Waals surface area (Å²) in [4.78, 5) is 25.4. The van der Waals surface area contributed by atoms with Gasteiger partial charge in [-0.2, -0.15) is 0 Å². The van der Waals surface area contributed by atoms with Crippen LogP contribution in [0.2, 0.25) is 0 Å². The van der Waals surface area contributed by atoms with Crippen LogP contribution in [0.1, 0.15) is 30.1 Å². The molecule has 114 valence electrons. The Hall–Kier alpha value is -1.62. The second-order valence-corrected chi connectivity index (χ2v) is 5.83. The molecule has 0 aliphatic carbocycles. The third-order valence-corrected chi connectivity index (χ3v) is 3.79. The quantitative estimate of drug-likeness (QED) is 0.870. The SMILES string of the molecule is CC(Cl)C(=O)NC1CCN(C(=O)c2ccccc2F)CC1. The number of alkyl halides is 1. The largest absolute Gasteiger partial charge is 0.352 e. The molecular formula is C15H18ClFN2O2.